The zero-order valence-corrected chi connectivity index (χ0v) is 92.6. The molecule has 0 bridgehead atoms. The topological polar surface area (TPSA) is 124 Å². The Morgan fingerprint density at radius 3 is 1.06 bits per heavy atom. The van der Waals surface area contributed by atoms with Gasteiger partial charge in [-0.3, -0.25) is 4.99 Å². The summed E-state index contributed by atoms with van der Waals surface area (Å²) in [7, 11) is -1.91. The molecule has 6 aliphatic carbocycles. The fourth-order valence-electron chi connectivity index (χ4n) is 21.4. The van der Waals surface area contributed by atoms with Crippen molar-refractivity contribution in [2.45, 2.75) is 24.7 Å². The minimum atomic E-state index is -3.08. The Morgan fingerprint density at radius 1 is 0.282 bits per heavy atom. The molecular weight excluding hydrogens is 2850 g/mol. The van der Waals surface area contributed by atoms with E-state index in [1.54, 1.807) is 24.4 Å². The molecule has 6 aromatic heterocycles. The van der Waals surface area contributed by atoms with Gasteiger partial charge in [-0.15, -0.1) is 190 Å². The molecule has 0 N–H and O–H groups in total. The van der Waals surface area contributed by atoms with Crippen molar-refractivity contribution in [3.8, 4) is 67.5 Å². The molecule has 0 fully saturated rings. The van der Waals surface area contributed by atoms with Crippen LogP contribution < -0.4 is 31.8 Å². The summed E-state index contributed by atoms with van der Waals surface area (Å²) >= 11 is 0. The summed E-state index contributed by atoms with van der Waals surface area (Å²) in [6.07, 6.45) is 11.0. The van der Waals surface area contributed by atoms with Crippen molar-refractivity contribution in [1.82, 2.24) is 29.9 Å². The van der Waals surface area contributed by atoms with E-state index in [0.29, 0.717) is 11.1 Å². The quantitative estimate of drug-likeness (QED) is 0.126. The van der Waals surface area contributed by atoms with Crippen LogP contribution in [0.5, 0.6) is 0 Å². The maximum atomic E-state index is 15.2. The number of hydrogen-bond acceptors (Lipinski definition) is 9. The second-order valence-corrected chi connectivity index (χ2v) is 38.9. The van der Waals surface area contributed by atoms with Crippen molar-refractivity contribution in [2.75, 3.05) is 7.05 Å². The number of hydrogen-bond donors (Lipinski definition) is 0. The fraction of sp³-hybridized carbons (Fsp3) is 0.0400. The first kappa shape index (κ1) is 101. The average molecular weight is 2930 g/mol. The molecule has 0 unspecified atom stereocenters. The van der Waals surface area contributed by atoms with Crippen molar-refractivity contribution in [3.63, 3.8) is 0 Å². The third-order valence-electron chi connectivity index (χ3n) is 26.7. The molecule has 8 heterocycles. The first-order chi connectivity index (χ1) is 67.2. The molecule has 6 radical (unpaired) electrons. The van der Waals surface area contributed by atoms with Crippen molar-refractivity contribution in [2.24, 2.45) is 4.99 Å². The molecule has 2 spiro atoms. The number of ketones is 1. The molecule has 698 valence electrons. The SMILES string of the molecule is CC(C)=C1c2ccc[c-]c2-c2ncccc21.CN=C1c2ccc[c-]c2-c2ncccc21.O=C1c2ccc[c-]c2-c2ncccc21.O=P1(c2ccccc2)c2ccccc2C2(c3ccc[c-]c3-c3ncccc32)c2ccccc21.[Ir].[Ir].[Ir].[Ir].[Ir].[Ir].[c-]1cccc2c1-c1ncccc1C21c2ccccc2P(c2ccccc2)c2ccccc21.[c-]1cccc2c1-c1ncccc1C2=C(c1ccccc1)c1ccccc1. The first-order valence-corrected chi connectivity index (χ1v) is 48.5. The van der Waals surface area contributed by atoms with Crippen LogP contribution in [-0.2, 0) is 136 Å². The van der Waals surface area contributed by atoms with Crippen LogP contribution in [0.15, 0.2) is 448 Å². The van der Waals surface area contributed by atoms with Crippen molar-refractivity contribution >= 4 is 75.1 Å². The summed E-state index contributed by atoms with van der Waals surface area (Å²) < 4.78 is 15.2. The van der Waals surface area contributed by atoms with E-state index in [2.05, 4.69) is 330 Å². The standard InChI is InChI=1S/C30H19NOP.C30H19NP.C25H16N.C15H12N.C13H9N2.C12H6NO.6Ir/c32-33(21-11-2-1-3-12-21)27-18-8-6-15-24(27)30(25-16-7-9-19-28(25)33)23-14-5-4-13-22(23)29-26(30)17-10-20-31-29;1-2-11-21(12-3-1)32-27-18-8-6-15-24(27)30(25-16-7-9-19-28(25)32)23-14-5-4-13-22(23)29-26(30)17-10-20-31-29;1-3-10-18(11-4-1)23(19-12-5-2-6-13-19)24-20-14-7-8-15-21(20)25-22(24)16-9-17-26-25;1-10(2)14-11-6-3-4-7-12(11)15-13(14)8-5-9-16-15;1-14-12-9-5-2-3-6-10(9)13-11(12)7-4-8-15-13;14-12-9-5-2-1-4-8(9)11-10(12)6-3-7-13-11;;;;;;/h1-12,14-20H;1-12,14-20H;1-14,16-17H;3-6,8-9H,1-2H3;2-5,7-8H,1H3;1-3,5-7H;;;;;;/q6*-1;;;;;;. The molecule has 0 amide bonds. The summed E-state index contributed by atoms with van der Waals surface area (Å²) in [6.45, 7) is 4.29. The number of allylic oxidation sites excluding steroid dienone is 1. The van der Waals surface area contributed by atoms with Gasteiger partial charge in [0, 0.05) is 197 Å². The summed E-state index contributed by atoms with van der Waals surface area (Å²) in [5.41, 5.74) is 37.9. The van der Waals surface area contributed by atoms with E-state index < -0.39 is 20.5 Å². The number of benzene rings is 14. The maximum absolute atomic E-state index is 15.2. The number of pyridine rings is 6. The van der Waals surface area contributed by atoms with Crippen molar-refractivity contribution in [1.29, 1.82) is 0 Å². The third-order valence-corrected chi connectivity index (χ3v) is 32.4. The average Bonchev–Trinajstić information content (AvgIpc) is 1.51. The minimum absolute atomic E-state index is 0. The number of nitrogens with zero attached hydrogens (tertiary/aromatic N) is 7. The number of aliphatic imine (C=N–C) groups is 1. The molecule has 17 heteroatoms. The number of carbonyl (C=O) groups is 1. The molecule has 2 aliphatic heterocycles. The van der Waals surface area contributed by atoms with Crippen LogP contribution in [-0.4, -0.2) is 48.4 Å². The molecule has 0 saturated carbocycles. The Morgan fingerprint density at radius 2 is 0.592 bits per heavy atom. The Balaban J connectivity index is 0.000000120. The van der Waals surface area contributed by atoms with E-state index in [4.69, 9.17) is 9.97 Å². The summed E-state index contributed by atoms with van der Waals surface area (Å²) in [5, 5.41) is 6.92. The van der Waals surface area contributed by atoms with E-state index in [9.17, 15) is 4.79 Å². The van der Waals surface area contributed by atoms with Gasteiger partial charge in [-0.1, -0.05) is 305 Å². The second-order valence-electron chi connectivity index (χ2n) is 34.1. The number of rotatable bonds is 4. The van der Waals surface area contributed by atoms with E-state index in [-0.39, 0.29) is 132 Å². The smallest absolute Gasteiger partial charge is 0.171 e. The molecule has 28 rings (SSSR count). The maximum Gasteiger partial charge on any atom is 0.171 e. The Kier molecular flexibility index (Phi) is 30.7. The van der Waals surface area contributed by atoms with Crippen molar-refractivity contribution in [3.05, 3.63) is 580 Å². The van der Waals surface area contributed by atoms with Crippen LogP contribution in [0.4, 0.5) is 0 Å². The molecule has 0 atom stereocenters. The molecule has 14 aromatic carbocycles. The first-order valence-electron chi connectivity index (χ1n) is 45.4. The third kappa shape index (κ3) is 16.9. The largest absolute Gasteiger partial charge is 0.309 e. The fourth-order valence-corrected chi connectivity index (χ4v) is 27.3. The monoisotopic (exact) mass is 2930 g/mol. The number of aromatic nitrogens is 6. The normalized spacial score (nSPS) is 15.8. The van der Waals surface area contributed by atoms with Gasteiger partial charge in [-0.25, -0.2) is 0 Å². The molecular formula is C125H81Ir6N7O2P2-6. The molecule has 9 nitrogen and oxygen atoms in total. The van der Waals surface area contributed by atoms with Crippen LogP contribution in [0.25, 0.3) is 84.3 Å². The summed E-state index contributed by atoms with van der Waals surface area (Å²) in [4.78, 5) is 43.5. The summed E-state index contributed by atoms with van der Waals surface area (Å²) in [5.74, 6) is 0.0555. The Bertz CT molecular complexity index is 7900. The van der Waals surface area contributed by atoms with Gasteiger partial charge >= 0.3 is 0 Å². The van der Waals surface area contributed by atoms with Crippen LogP contribution in [0.3, 0.4) is 0 Å². The van der Waals surface area contributed by atoms with E-state index in [1.165, 1.54) is 93.8 Å². The number of fused-ring (bicyclic) bond motifs is 30. The van der Waals surface area contributed by atoms with Gasteiger partial charge in [0.05, 0.1) is 0 Å². The zero-order chi connectivity index (χ0) is 91.4. The number of carbonyl (C=O) groups excluding carboxylic acids is 1. The Labute approximate surface area is 909 Å². The zero-order valence-electron chi connectivity index (χ0n) is 76.4. The molecule has 0 saturated heterocycles. The van der Waals surface area contributed by atoms with Crippen molar-refractivity contribution < 1.29 is 130 Å². The van der Waals surface area contributed by atoms with Crippen LogP contribution in [0.1, 0.15) is 119 Å². The van der Waals surface area contributed by atoms with Crippen LogP contribution in [0, 0.1) is 36.4 Å². The Hall–Kier alpha value is -12.6. The molecule has 8 aliphatic rings. The van der Waals surface area contributed by atoms with Gasteiger partial charge in [-0.05, 0) is 169 Å². The van der Waals surface area contributed by atoms with Gasteiger partial charge in [0.1, 0.15) is 5.78 Å². The van der Waals surface area contributed by atoms with E-state index in [0.717, 1.165) is 123 Å². The predicted octanol–water partition coefficient (Wildman–Crippen LogP) is 24.5. The van der Waals surface area contributed by atoms with Crippen LogP contribution in [0.2, 0.25) is 0 Å². The summed E-state index contributed by atoms with van der Waals surface area (Å²) in [6, 6.07) is 157. The van der Waals surface area contributed by atoms with Gasteiger partial charge in [0.2, 0.25) is 0 Å². The molecule has 142 heavy (non-hydrogen) atoms. The van der Waals surface area contributed by atoms with Gasteiger partial charge < -0.3 is 39.3 Å². The second kappa shape index (κ2) is 43.3. The minimum Gasteiger partial charge on any atom is -0.309 e. The van der Waals surface area contributed by atoms with E-state index in [1.807, 2.05) is 165 Å². The van der Waals surface area contributed by atoms with Gasteiger partial charge in [0.25, 0.3) is 0 Å². The van der Waals surface area contributed by atoms with Crippen LogP contribution >= 0.6 is 15.1 Å². The molecule has 20 aromatic rings. The van der Waals surface area contributed by atoms with Gasteiger partial charge in [-0.2, -0.15) is 0 Å². The van der Waals surface area contributed by atoms with Gasteiger partial charge in [0.15, 0.2) is 7.14 Å². The van der Waals surface area contributed by atoms with E-state index >= 15 is 4.57 Å². The predicted molar refractivity (Wildman–Crippen MR) is 550 cm³/mol.